The van der Waals surface area contributed by atoms with E-state index in [0.29, 0.717) is 18.4 Å². The highest BCUT2D eigenvalue weighted by molar-refractivity contribution is 8.13. The molecule has 1 heterocycles. The molecule has 1 N–H and O–H groups in total. The molecule has 0 spiro atoms. The third kappa shape index (κ3) is 3.68. The lowest BCUT2D eigenvalue weighted by Crippen LogP contribution is -2.45. The maximum absolute atomic E-state index is 12.6. The van der Waals surface area contributed by atoms with Gasteiger partial charge in [0.05, 0.1) is 4.90 Å². The number of aliphatic hydroxyl groups excluding tert-OH is 1. The number of alkyl halides is 3. The number of aliphatic hydroxyl groups is 1. The van der Waals surface area contributed by atoms with Crippen LogP contribution in [-0.4, -0.2) is 37.4 Å². The molecule has 0 bridgehead atoms. The van der Waals surface area contributed by atoms with Gasteiger partial charge in [-0.25, -0.2) is 8.42 Å². The standard InChI is InChI=1S/C12H13ClF3NO3S/c13-21(19,20)9-5-3-8(4-6-9)10-2-1-7-17(10)11(18)12(14,15)16/h3-6,10-11,18H,1-2,7H2. The number of likely N-dealkylation sites (tertiary alicyclic amines) is 1. The molecule has 2 rings (SSSR count). The van der Waals surface area contributed by atoms with Crippen LogP contribution in [0.25, 0.3) is 0 Å². The van der Waals surface area contributed by atoms with Crippen LogP contribution >= 0.6 is 10.7 Å². The zero-order chi connectivity index (χ0) is 15.8. The fraction of sp³-hybridized carbons (Fsp3) is 0.500. The summed E-state index contributed by atoms with van der Waals surface area (Å²) >= 11 is 0. The molecule has 118 valence electrons. The third-order valence-electron chi connectivity index (χ3n) is 3.45. The summed E-state index contributed by atoms with van der Waals surface area (Å²) in [6.45, 7) is 0.126. The first-order chi connectivity index (χ1) is 9.60. The first-order valence-corrected chi connectivity index (χ1v) is 8.47. The van der Waals surface area contributed by atoms with Gasteiger partial charge in [0.25, 0.3) is 9.05 Å². The second-order valence-electron chi connectivity index (χ2n) is 4.82. The van der Waals surface area contributed by atoms with Gasteiger partial charge >= 0.3 is 6.18 Å². The predicted octanol–water partition coefficient (Wildman–Crippen LogP) is 2.63. The van der Waals surface area contributed by atoms with Crippen LogP contribution in [0.2, 0.25) is 0 Å². The summed E-state index contributed by atoms with van der Waals surface area (Å²) in [5.74, 6) is 0. The van der Waals surface area contributed by atoms with E-state index in [1.165, 1.54) is 24.3 Å². The molecule has 1 aromatic carbocycles. The number of hydrogen-bond acceptors (Lipinski definition) is 4. The summed E-state index contributed by atoms with van der Waals surface area (Å²) in [6, 6.07) is 4.72. The average molecular weight is 344 g/mol. The molecule has 0 saturated carbocycles. The Morgan fingerprint density at radius 3 is 2.33 bits per heavy atom. The van der Waals surface area contributed by atoms with E-state index in [2.05, 4.69) is 0 Å². The largest absolute Gasteiger partial charge is 0.428 e. The lowest BCUT2D eigenvalue weighted by atomic mass is 10.0. The number of benzene rings is 1. The van der Waals surface area contributed by atoms with Crippen molar-refractivity contribution < 1.29 is 26.7 Å². The van der Waals surface area contributed by atoms with Gasteiger partial charge in [0.2, 0.25) is 6.23 Å². The molecule has 2 unspecified atom stereocenters. The van der Waals surface area contributed by atoms with Crippen LogP contribution in [0.5, 0.6) is 0 Å². The first kappa shape index (κ1) is 16.5. The fourth-order valence-electron chi connectivity index (χ4n) is 2.48. The Morgan fingerprint density at radius 2 is 1.86 bits per heavy atom. The van der Waals surface area contributed by atoms with Crippen molar-refractivity contribution >= 4 is 19.7 Å². The van der Waals surface area contributed by atoms with Crippen LogP contribution in [0.15, 0.2) is 29.2 Å². The van der Waals surface area contributed by atoms with E-state index in [-0.39, 0.29) is 11.4 Å². The Labute approximate surface area is 124 Å². The van der Waals surface area contributed by atoms with Crippen molar-refractivity contribution in [2.24, 2.45) is 0 Å². The molecule has 0 amide bonds. The van der Waals surface area contributed by atoms with Gasteiger partial charge in [0.15, 0.2) is 0 Å². The van der Waals surface area contributed by atoms with Crippen LogP contribution in [0.4, 0.5) is 13.2 Å². The lowest BCUT2D eigenvalue weighted by molar-refractivity contribution is -0.252. The SMILES string of the molecule is O=S(=O)(Cl)c1ccc(C2CCCN2C(O)C(F)(F)F)cc1. The van der Waals surface area contributed by atoms with Gasteiger partial charge in [-0.1, -0.05) is 12.1 Å². The first-order valence-electron chi connectivity index (χ1n) is 6.16. The van der Waals surface area contributed by atoms with Crippen molar-refractivity contribution in [3.63, 3.8) is 0 Å². The maximum atomic E-state index is 12.6. The van der Waals surface area contributed by atoms with Crippen molar-refractivity contribution in [2.45, 2.75) is 36.2 Å². The third-order valence-corrected chi connectivity index (χ3v) is 4.82. The molecule has 1 aliphatic heterocycles. The molecule has 1 aliphatic rings. The van der Waals surface area contributed by atoms with Gasteiger partial charge in [0.1, 0.15) is 0 Å². The second-order valence-corrected chi connectivity index (χ2v) is 7.38. The number of nitrogens with zero attached hydrogens (tertiary/aromatic N) is 1. The topological polar surface area (TPSA) is 57.6 Å². The molecule has 1 aromatic rings. The molecule has 0 radical (unpaired) electrons. The Hall–Kier alpha value is -0.830. The van der Waals surface area contributed by atoms with E-state index >= 15 is 0 Å². The van der Waals surface area contributed by atoms with Crippen LogP contribution in [0.1, 0.15) is 24.4 Å². The van der Waals surface area contributed by atoms with E-state index in [9.17, 15) is 26.7 Å². The van der Waals surface area contributed by atoms with E-state index in [1.807, 2.05) is 0 Å². The fourth-order valence-corrected chi connectivity index (χ4v) is 3.25. The van der Waals surface area contributed by atoms with Crippen molar-refractivity contribution in [2.75, 3.05) is 6.54 Å². The molecule has 1 saturated heterocycles. The minimum atomic E-state index is -4.72. The van der Waals surface area contributed by atoms with Crippen LogP contribution < -0.4 is 0 Å². The summed E-state index contributed by atoms with van der Waals surface area (Å²) in [5, 5.41) is 9.38. The summed E-state index contributed by atoms with van der Waals surface area (Å²) in [5.41, 5.74) is 0.514. The number of rotatable bonds is 3. The van der Waals surface area contributed by atoms with Crippen molar-refractivity contribution in [1.82, 2.24) is 4.90 Å². The van der Waals surface area contributed by atoms with Gasteiger partial charge in [-0.2, -0.15) is 13.2 Å². The zero-order valence-electron chi connectivity index (χ0n) is 10.7. The Kier molecular flexibility index (Phi) is 4.53. The second kappa shape index (κ2) is 5.75. The summed E-state index contributed by atoms with van der Waals surface area (Å²) in [4.78, 5) is 0.846. The summed E-state index contributed by atoms with van der Waals surface area (Å²) in [6.07, 6.45) is -6.27. The average Bonchev–Trinajstić information content (AvgIpc) is 2.84. The van der Waals surface area contributed by atoms with E-state index < -0.39 is 27.5 Å². The Bertz CT molecular complexity index is 603. The monoisotopic (exact) mass is 343 g/mol. The Morgan fingerprint density at radius 1 is 1.29 bits per heavy atom. The molecule has 0 aromatic heterocycles. The minimum absolute atomic E-state index is 0.117. The van der Waals surface area contributed by atoms with Crippen molar-refractivity contribution in [3.05, 3.63) is 29.8 Å². The van der Waals surface area contributed by atoms with Gasteiger partial charge in [-0.05, 0) is 30.5 Å². The van der Waals surface area contributed by atoms with Crippen LogP contribution in [0.3, 0.4) is 0 Å². The minimum Gasteiger partial charge on any atom is -0.370 e. The van der Waals surface area contributed by atoms with E-state index in [0.717, 1.165) is 4.90 Å². The highest BCUT2D eigenvalue weighted by Gasteiger charge is 2.46. The highest BCUT2D eigenvalue weighted by atomic mass is 35.7. The quantitative estimate of drug-likeness (QED) is 0.857. The van der Waals surface area contributed by atoms with Crippen molar-refractivity contribution in [3.8, 4) is 0 Å². The van der Waals surface area contributed by atoms with Gasteiger partial charge in [-0.15, -0.1) is 0 Å². The molecule has 2 atom stereocenters. The summed E-state index contributed by atoms with van der Waals surface area (Å²) < 4.78 is 60.1. The maximum Gasteiger partial charge on any atom is 0.428 e. The molecule has 21 heavy (non-hydrogen) atoms. The molecule has 0 aliphatic carbocycles. The zero-order valence-corrected chi connectivity index (χ0v) is 12.3. The molecular formula is C12H13ClF3NO3S. The van der Waals surface area contributed by atoms with Gasteiger partial charge in [-0.3, -0.25) is 4.90 Å². The smallest absolute Gasteiger partial charge is 0.370 e. The lowest BCUT2D eigenvalue weighted by Gasteiger charge is -2.30. The highest BCUT2D eigenvalue weighted by Crippen LogP contribution is 2.37. The predicted molar refractivity (Wildman–Crippen MR) is 70.2 cm³/mol. The molecule has 1 fully saturated rings. The van der Waals surface area contributed by atoms with E-state index in [4.69, 9.17) is 10.7 Å². The van der Waals surface area contributed by atoms with Gasteiger partial charge < -0.3 is 5.11 Å². The van der Waals surface area contributed by atoms with Crippen molar-refractivity contribution in [1.29, 1.82) is 0 Å². The normalized spacial score (nSPS) is 22.4. The molecular weight excluding hydrogens is 331 g/mol. The number of hydrogen-bond donors (Lipinski definition) is 1. The Balaban J connectivity index is 2.25. The van der Waals surface area contributed by atoms with Gasteiger partial charge in [0, 0.05) is 23.3 Å². The summed E-state index contributed by atoms with van der Waals surface area (Å²) in [7, 11) is 1.32. The molecule has 9 heteroatoms. The number of halogens is 4. The van der Waals surface area contributed by atoms with Crippen LogP contribution in [-0.2, 0) is 9.05 Å². The molecule has 4 nitrogen and oxygen atoms in total. The van der Waals surface area contributed by atoms with Crippen LogP contribution in [0, 0.1) is 0 Å². The van der Waals surface area contributed by atoms with E-state index in [1.54, 1.807) is 0 Å².